The molecule has 2 aromatic carbocycles. The quantitative estimate of drug-likeness (QED) is 0.391. The summed E-state index contributed by atoms with van der Waals surface area (Å²) in [7, 11) is 0. The number of amides is 1. The van der Waals surface area contributed by atoms with E-state index in [9.17, 15) is 19.7 Å². The van der Waals surface area contributed by atoms with Crippen molar-refractivity contribution in [1.29, 1.82) is 0 Å². The molecule has 0 aliphatic heterocycles. The molecule has 27 heavy (non-hydrogen) atoms. The molecule has 0 saturated heterocycles. The summed E-state index contributed by atoms with van der Waals surface area (Å²) in [5.74, 6) is -0.309. The average molecular weight is 366 g/mol. The van der Waals surface area contributed by atoms with Crippen molar-refractivity contribution in [1.82, 2.24) is 14.9 Å². The predicted molar refractivity (Wildman–Crippen MR) is 100 cm³/mol. The number of hydrogen-bond donors (Lipinski definition) is 1. The molecule has 1 heterocycles. The van der Waals surface area contributed by atoms with Gasteiger partial charge in [0, 0.05) is 18.7 Å². The molecule has 0 bridgehead atoms. The molecule has 0 atom stereocenters. The number of hydrogen-bond acceptors (Lipinski definition) is 5. The Bertz CT molecular complexity index is 1030. The Labute approximate surface area is 154 Å². The second-order valence-electron chi connectivity index (χ2n) is 6.08. The summed E-state index contributed by atoms with van der Waals surface area (Å²) in [5, 5.41) is 13.8. The van der Waals surface area contributed by atoms with E-state index >= 15 is 0 Å². The smallest absolute Gasteiger partial charge is 0.270 e. The van der Waals surface area contributed by atoms with Crippen LogP contribution in [0.2, 0.25) is 0 Å². The molecule has 3 rings (SSSR count). The van der Waals surface area contributed by atoms with Gasteiger partial charge in [-0.25, -0.2) is 4.98 Å². The van der Waals surface area contributed by atoms with E-state index in [1.807, 2.05) is 30.3 Å². The van der Waals surface area contributed by atoms with Crippen LogP contribution >= 0.6 is 0 Å². The van der Waals surface area contributed by atoms with Crippen molar-refractivity contribution in [3.05, 3.63) is 80.9 Å². The van der Waals surface area contributed by atoms with Gasteiger partial charge < -0.3 is 5.32 Å². The average Bonchev–Trinajstić information content (AvgIpc) is 2.68. The summed E-state index contributed by atoms with van der Waals surface area (Å²) in [5.41, 5.74) is 0.876. The maximum atomic E-state index is 12.5. The van der Waals surface area contributed by atoms with Crippen LogP contribution in [-0.4, -0.2) is 26.9 Å². The van der Waals surface area contributed by atoms with E-state index in [2.05, 4.69) is 10.3 Å². The largest absolute Gasteiger partial charge is 0.355 e. The summed E-state index contributed by atoms with van der Waals surface area (Å²) in [4.78, 5) is 39.0. The fraction of sp³-hybridized carbons (Fsp3) is 0.211. The number of nitrogens with zero attached hydrogens (tertiary/aromatic N) is 3. The number of aromatic nitrogens is 2. The Morgan fingerprint density at radius 3 is 2.70 bits per heavy atom. The molecule has 0 radical (unpaired) electrons. The Hall–Kier alpha value is -3.55. The first-order valence-corrected chi connectivity index (χ1v) is 8.49. The lowest BCUT2D eigenvalue weighted by molar-refractivity contribution is -0.384. The first kappa shape index (κ1) is 18.2. The van der Waals surface area contributed by atoms with Crippen molar-refractivity contribution in [2.75, 3.05) is 6.54 Å². The van der Waals surface area contributed by atoms with E-state index in [4.69, 9.17) is 0 Å². The van der Waals surface area contributed by atoms with Crippen LogP contribution in [0.4, 0.5) is 5.69 Å². The predicted octanol–water partition coefficient (Wildman–Crippen LogP) is 2.05. The third-order valence-electron chi connectivity index (χ3n) is 4.14. The van der Waals surface area contributed by atoms with Crippen LogP contribution in [0.1, 0.15) is 12.0 Å². The van der Waals surface area contributed by atoms with Crippen LogP contribution in [0.3, 0.4) is 0 Å². The molecule has 3 aromatic rings. The molecule has 0 saturated carbocycles. The van der Waals surface area contributed by atoms with Crippen LogP contribution in [0.5, 0.6) is 0 Å². The fourth-order valence-corrected chi connectivity index (χ4v) is 2.75. The lowest BCUT2D eigenvalue weighted by atomic mass is 10.1. The van der Waals surface area contributed by atoms with E-state index in [0.29, 0.717) is 12.1 Å². The highest BCUT2D eigenvalue weighted by atomic mass is 16.6. The first-order chi connectivity index (χ1) is 13.0. The molecule has 8 heteroatoms. The summed E-state index contributed by atoms with van der Waals surface area (Å²) in [6, 6.07) is 13.8. The second kappa shape index (κ2) is 8.22. The number of nitro benzene ring substituents is 1. The number of fused-ring (bicyclic) bond motifs is 1. The molecule has 0 aliphatic carbocycles. The number of carbonyl (C=O) groups is 1. The summed E-state index contributed by atoms with van der Waals surface area (Å²) < 4.78 is 1.15. The van der Waals surface area contributed by atoms with Gasteiger partial charge in [-0.2, -0.15) is 0 Å². The minimum Gasteiger partial charge on any atom is -0.355 e. The maximum Gasteiger partial charge on any atom is 0.270 e. The van der Waals surface area contributed by atoms with Gasteiger partial charge >= 0.3 is 0 Å². The SMILES string of the molecule is O=C(Cn1cnc2ccc([N+](=O)[O-])cc2c1=O)NCCCc1ccccc1. The number of rotatable bonds is 7. The molecule has 0 aliphatic rings. The molecular formula is C19H18N4O4. The minimum absolute atomic E-state index is 0.114. The van der Waals surface area contributed by atoms with Crippen molar-refractivity contribution in [2.24, 2.45) is 0 Å². The molecule has 1 aromatic heterocycles. The van der Waals surface area contributed by atoms with Crippen molar-refractivity contribution in [3.8, 4) is 0 Å². The molecule has 138 valence electrons. The minimum atomic E-state index is -0.574. The normalized spacial score (nSPS) is 10.7. The van der Waals surface area contributed by atoms with E-state index in [-0.39, 0.29) is 23.5 Å². The molecule has 0 fully saturated rings. The van der Waals surface area contributed by atoms with Crippen LogP contribution in [-0.2, 0) is 17.8 Å². The van der Waals surface area contributed by atoms with Gasteiger partial charge in [-0.3, -0.25) is 24.3 Å². The van der Waals surface area contributed by atoms with Crippen LogP contribution < -0.4 is 10.9 Å². The van der Waals surface area contributed by atoms with Crippen molar-refractivity contribution >= 4 is 22.5 Å². The Balaban J connectivity index is 1.61. The third-order valence-corrected chi connectivity index (χ3v) is 4.14. The number of non-ortho nitro benzene ring substituents is 1. The molecular weight excluding hydrogens is 348 g/mol. The molecule has 0 unspecified atom stereocenters. The topological polar surface area (TPSA) is 107 Å². The molecule has 1 amide bonds. The van der Waals surface area contributed by atoms with Gasteiger partial charge in [-0.15, -0.1) is 0 Å². The summed E-state index contributed by atoms with van der Waals surface area (Å²) >= 11 is 0. The highest BCUT2D eigenvalue weighted by molar-refractivity contribution is 5.80. The lowest BCUT2D eigenvalue weighted by Gasteiger charge is -2.08. The van der Waals surface area contributed by atoms with Crippen molar-refractivity contribution < 1.29 is 9.72 Å². The number of aryl methyl sites for hydroxylation is 1. The molecule has 0 spiro atoms. The zero-order valence-corrected chi connectivity index (χ0v) is 14.5. The highest BCUT2D eigenvalue weighted by Crippen LogP contribution is 2.16. The summed E-state index contributed by atoms with van der Waals surface area (Å²) in [6.07, 6.45) is 2.91. The summed E-state index contributed by atoms with van der Waals surface area (Å²) in [6.45, 7) is 0.310. The third kappa shape index (κ3) is 4.55. The van der Waals surface area contributed by atoms with E-state index in [1.165, 1.54) is 30.1 Å². The van der Waals surface area contributed by atoms with Gasteiger partial charge in [-0.05, 0) is 24.5 Å². The zero-order valence-electron chi connectivity index (χ0n) is 14.5. The van der Waals surface area contributed by atoms with Crippen LogP contribution in [0.15, 0.2) is 59.7 Å². The standard InChI is InChI=1S/C19H18N4O4/c24-18(20-10-4-7-14-5-2-1-3-6-14)12-22-13-21-17-9-8-15(23(26)27)11-16(17)19(22)25/h1-3,5-6,8-9,11,13H,4,7,10,12H2,(H,20,24). The number of nitro groups is 1. The Kier molecular flexibility index (Phi) is 5.55. The number of benzene rings is 2. The van der Waals surface area contributed by atoms with Crippen LogP contribution in [0, 0.1) is 10.1 Å². The lowest BCUT2D eigenvalue weighted by Crippen LogP contribution is -2.33. The Morgan fingerprint density at radius 1 is 1.19 bits per heavy atom. The van der Waals surface area contributed by atoms with Crippen LogP contribution in [0.25, 0.3) is 10.9 Å². The monoisotopic (exact) mass is 366 g/mol. The van der Waals surface area contributed by atoms with Crippen molar-refractivity contribution in [3.63, 3.8) is 0 Å². The molecule has 8 nitrogen and oxygen atoms in total. The Morgan fingerprint density at radius 2 is 1.96 bits per heavy atom. The fourth-order valence-electron chi connectivity index (χ4n) is 2.75. The maximum absolute atomic E-state index is 12.5. The van der Waals surface area contributed by atoms with Gasteiger partial charge in [0.25, 0.3) is 11.2 Å². The van der Waals surface area contributed by atoms with E-state index < -0.39 is 10.5 Å². The molecule has 1 N–H and O–H groups in total. The van der Waals surface area contributed by atoms with E-state index in [1.54, 1.807) is 0 Å². The number of nitrogens with one attached hydrogen (secondary N) is 1. The number of carbonyl (C=O) groups excluding carboxylic acids is 1. The van der Waals surface area contributed by atoms with Gasteiger partial charge in [-0.1, -0.05) is 30.3 Å². The van der Waals surface area contributed by atoms with Gasteiger partial charge in [0.05, 0.1) is 22.2 Å². The van der Waals surface area contributed by atoms with E-state index in [0.717, 1.165) is 17.4 Å². The van der Waals surface area contributed by atoms with Gasteiger partial charge in [0.1, 0.15) is 6.54 Å². The first-order valence-electron chi connectivity index (χ1n) is 8.49. The zero-order chi connectivity index (χ0) is 19.2. The second-order valence-corrected chi connectivity index (χ2v) is 6.08. The van der Waals surface area contributed by atoms with Gasteiger partial charge in [0.2, 0.25) is 5.91 Å². The van der Waals surface area contributed by atoms with Gasteiger partial charge in [0.15, 0.2) is 0 Å². The van der Waals surface area contributed by atoms with Crippen molar-refractivity contribution in [2.45, 2.75) is 19.4 Å². The highest BCUT2D eigenvalue weighted by Gasteiger charge is 2.12.